The molecule has 1 aliphatic heterocycles. The van der Waals surface area contributed by atoms with Gasteiger partial charge in [0.1, 0.15) is 11.9 Å². The Bertz CT molecular complexity index is 438. The van der Waals surface area contributed by atoms with Gasteiger partial charge in [0, 0.05) is 19.2 Å². The first-order valence-electron chi connectivity index (χ1n) is 5.05. The summed E-state index contributed by atoms with van der Waals surface area (Å²) in [7, 11) is 0. The minimum Gasteiger partial charge on any atom is -0.397 e. The number of nitrogens with one attached hydrogen (secondary N) is 1. The zero-order valence-corrected chi connectivity index (χ0v) is 8.66. The first-order chi connectivity index (χ1) is 7.70. The highest BCUT2D eigenvalue weighted by Crippen LogP contribution is 2.23. The van der Waals surface area contributed by atoms with Crippen molar-refractivity contribution >= 4 is 11.4 Å². The Kier molecular flexibility index (Phi) is 2.93. The van der Waals surface area contributed by atoms with Crippen LogP contribution in [0.5, 0.6) is 0 Å². The lowest BCUT2D eigenvalue weighted by atomic mass is 10.1. The van der Waals surface area contributed by atoms with E-state index in [1.807, 2.05) is 0 Å². The number of hydrogen-bond acceptors (Lipinski definition) is 4. The van der Waals surface area contributed by atoms with E-state index < -0.39 is 5.82 Å². The molecule has 1 heterocycles. The third-order valence-corrected chi connectivity index (χ3v) is 2.57. The molecule has 0 radical (unpaired) electrons. The molecule has 1 atom stereocenters. The Morgan fingerprint density at radius 2 is 2.38 bits per heavy atom. The summed E-state index contributed by atoms with van der Waals surface area (Å²) in [6, 6.07) is 4.32. The SMILES string of the molecule is N#Cc1cc(N)c(NCC2CCO2)cc1F. The second kappa shape index (κ2) is 4.37. The van der Waals surface area contributed by atoms with Crippen molar-refractivity contribution in [3.63, 3.8) is 0 Å². The van der Waals surface area contributed by atoms with Crippen molar-refractivity contribution in [3.8, 4) is 6.07 Å². The molecule has 1 fully saturated rings. The molecule has 0 aromatic heterocycles. The van der Waals surface area contributed by atoms with Crippen LogP contribution in [-0.2, 0) is 4.74 Å². The molecule has 2 rings (SSSR count). The first-order valence-corrected chi connectivity index (χ1v) is 5.05. The molecule has 1 aliphatic rings. The summed E-state index contributed by atoms with van der Waals surface area (Å²) in [5, 5.41) is 11.6. The Balaban J connectivity index is 2.08. The van der Waals surface area contributed by atoms with Crippen molar-refractivity contribution in [2.24, 2.45) is 0 Å². The van der Waals surface area contributed by atoms with Crippen LogP contribution >= 0.6 is 0 Å². The molecule has 0 aliphatic carbocycles. The minimum atomic E-state index is -0.561. The molecule has 4 nitrogen and oxygen atoms in total. The number of nitriles is 1. The van der Waals surface area contributed by atoms with Gasteiger partial charge in [-0.15, -0.1) is 0 Å². The van der Waals surface area contributed by atoms with Gasteiger partial charge in [0.15, 0.2) is 0 Å². The van der Waals surface area contributed by atoms with Crippen LogP contribution in [0.3, 0.4) is 0 Å². The quantitative estimate of drug-likeness (QED) is 0.758. The summed E-state index contributed by atoms with van der Waals surface area (Å²) in [6.07, 6.45) is 1.18. The van der Waals surface area contributed by atoms with Gasteiger partial charge in [-0.2, -0.15) is 5.26 Å². The number of anilines is 2. The monoisotopic (exact) mass is 221 g/mol. The standard InChI is InChI=1S/C11H12FN3O/c12-9-4-11(10(14)3-7(9)5-13)15-6-8-1-2-16-8/h3-4,8,15H,1-2,6,14H2. The van der Waals surface area contributed by atoms with Crippen LogP contribution in [0.25, 0.3) is 0 Å². The van der Waals surface area contributed by atoms with Crippen LogP contribution in [0.4, 0.5) is 15.8 Å². The van der Waals surface area contributed by atoms with Gasteiger partial charge < -0.3 is 15.8 Å². The molecule has 1 aromatic carbocycles. The highest BCUT2D eigenvalue weighted by Gasteiger charge is 2.18. The lowest BCUT2D eigenvalue weighted by molar-refractivity contribution is -0.0410. The second-order valence-electron chi connectivity index (χ2n) is 3.69. The summed E-state index contributed by atoms with van der Waals surface area (Å²) in [6.45, 7) is 1.39. The van der Waals surface area contributed by atoms with Gasteiger partial charge in [-0.1, -0.05) is 0 Å². The minimum absolute atomic E-state index is 0.0389. The number of nitrogens with two attached hydrogens (primary N) is 1. The van der Waals surface area contributed by atoms with Crippen LogP contribution in [0, 0.1) is 17.1 Å². The number of nitrogens with zero attached hydrogens (tertiary/aromatic N) is 1. The van der Waals surface area contributed by atoms with Crippen molar-refractivity contribution < 1.29 is 9.13 Å². The van der Waals surface area contributed by atoms with Crippen LogP contribution < -0.4 is 11.1 Å². The van der Waals surface area contributed by atoms with E-state index in [4.69, 9.17) is 15.7 Å². The largest absolute Gasteiger partial charge is 0.397 e. The van der Waals surface area contributed by atoms with Crippen molar-refractivity contribution in [2.75, 3.05) is 24.2 Å². The predicted molar refractivity (Wildman–Crippen MR) is 58.4 cm³/mol. The maximum absolute atomic E-state index is 13.3. The second-order valence-corrected chi connectivity index (χ2v) is 3.69. The number of nitrogen functional groups attached to an aromatic ring is 1. The molecular weight excluding hydrogens is 209 g/mol. The number of halogens is 1. The molecule has 16 heavy (non-hydrogen) atoms. The smallest absolute Gasteiger partial charge is 0.143 e. The van der Waals surface area contributed by atoms with Crippen molar-refractivity contribution in [3.05, 3.63) is 23.5 Å². The highest BCUT2D eigenvalue weighted by atomic mass is 19.1. The summed E-state index contributed by atoms with van der Waals surface area (Å²) in [4.78, 5) is 0. The maximum Gasteiger partial charge on any atom is 0.143 e. The van der Waals surface area contributed by atoms with Gasteiger partial charge in [-0.3, -0.25) is 0 Å². The summed E-state index contributed by atoms with van der Waals surface area (Å²) in [5.74, 6) is -0.561. The molecule has 1 aromatic rings. The Morgan fingerprint density at radius 3 is 2.94 bits per heavy atom. The van der Waals surface area contributed by atoms with Gasteiger partial charge in [-0.05, 0) is 12.5 Å². The van der Waals surface area contributed by atoms with E-state index in [-0.39, 0.29) is 11.7 Å². The van der Waals surface area contributed by atoms with Crippen molar-refractivity contribution in [1.82, 2.24) is 0 Å². The molecule has 5 heteroatoms. The lowest BCUT2D eigenvalue weighted by Crippen LogP contribution is -2.33. The molecule has 3 N–H and O–H groups in total. The van der Waals surface area contributed by atoms with E-state index in [9.17, 15) is 4.39 Å². The molecule has 0 amide bonds. The predicted octanol–water partition coefficient (Wildman–Crippen LogP) is 1.48. The van der Waals surface area contributed by atoms with E-state index in [0.717, 1.165) is 13.0 Å². The fourth-order valence-corrected chi connectivity index (χ4v) is 1.50. The molecule has 0 spiro atoms. The highest BCUT2D eigenvalue weighted by molar-refractivity contribution is 5.68. The molecule has 1 unspecified atom stereocenters. The van der Waals surface area contributed by atoms with Gasteiger partial charge >= 0.3 is 0 Å². The van der Waals surface area contributed by atoms with E-state index in [1.54, 1.807) is 6.07 Å². The summed E-state index contributed by atoms with van der Waals surface area (Å²) >= 11 is 0. The van der Waals surface area contributed by atoms with Crippen LogP contribution in [0.1, 0.15) is 12.0 Å². The third kappa shape index (κ3) is 2.07. The molecule has 84 valence electrons. The normalized spacial score (nSPS) is 18.6. The average Bonchev–Trinajstić information content (AvgIpc) is 2.20. The number of hydrogen-bond donors (Lipinski definition) is 2. The number of benzene rings is 1. The topological polar surface area (TPSA) is 71.1 Å². The Labute approximate surface area is 92.8 Å². The zero-order valence-electron chi connectivity index (χ0n) is 8.66. The van der Waals surface area contributed by atoms with E-state index in [1.165, 1.54) is 12.1 Å². The summed E-state index contributed by atoms with van der Waals surface area (Å²) in [5.41, 5.74) is 6.53. The van der Waals surface area contributed by atoms with Crippen molar-refractivity contribution in [2.45, 2.75) is 12.5 Å². The Morgan fingerprint density at radius 1 is 1.62 bits per heavy atom. The molecule has 0 saturated carbocycles. The van der Waals surface area contributed by atoms with Crippen LogP contribution in [0.2, 0.25) is 0 Å². The van der Waals surface area contributed by atoms with Gasteiger partial charge in [0.2, 0.25) is 0 Å². The van der Waals surface area contributed by atoms with E-state index in [0.29, 0.717) is 17.9 Å². The third-order valence-electron chi connectivity index (χ3n) is 2.57. The fraction of sp³-hybridized carbons (Fsp3) is 0.364. The fourth-order valence-electron chi connectivity index (χ4n) is 1.50. The van der Waals surface area contributed by atoms with Crippen molar-refractivity contribution in [1.29, 1.82) is 5.26 Å². The van der Waals surface area contributed by atoms with Crippen LogP contribution in [-0.4, -0.2) is 19.3 Å². The zero-order chi connectivity index (χ0) is 11.5. The number of rotatable bonds is 3. The van der Waals surface area contributed by atoms with Gasteiger partial charge in [0.05, 0.1) is 23.0 Å². The van der Waals surface area contributed by atoms with Gasteiger partial charge in [-0.25, -0.2) is 4.39 Å². The van der Waals surface area contributed by atoms with Gasteiger partial charge in [0.25, 0.3) is 0 Å². The Hall–Kier alpha value is -1.80. The average molecular weight is 221 g/mol. The molecule has 1 saturated heterocycles. The van der Waals surface area contributed by atoms with E-state index >= 15 is 0 Å². The maximum atomic E-state index is 13.3. The molecular formula is C11H12FN3O. The number of ether oxygens (including phenoxy) is 1. The van der Waals surface area contributed by atoms with E-state index in [2.05, 4.69) is 5.32 Å². The lowest BCUT2D eigenvalue weighted by Gasteiger charge is -2.27. The summed E-state index contributed by atoms with van der Waals surface area (Å²) < 4.78 is 18.5. The molecule has 0 bridgehead atoms. The first kappa shape index (κ1) is 10.7. The van der Waals surface area contributed by atoms with Crippen LogP contribution in [0.15, 0.2) is 12.1 Å².